The second-order valence-corrected chi connectivity index (χ2v) is 4.70. The molecule has 0 radical (unpaired) electrons. The predicted molar refractivity (Wildman–Crippen MR) is 72.0 cm³/mol. The molecule has 20 heavy (non-hydrogen) atoms. The van der Waals surface area contributed by atoms with E-state index in [1.54, 1.807) is 11.6 Å². The molecule has 0 aromatic carbocycles. The number of hydrogen-bond acceptors (Lipinski definition) is 4. The van der Waals surface area contributed by atoms with Gasteiger partial charge in [-0.3, -0.25) is 0 Å². The lowest BCUT2D eigenvalue weighted by atomic mass is 10.00. The number of aryl methyl sites for hydroxylation is 1. The first kappa shape index (κ1) is 15.9. The number of aliphatic carboxylic acids is 1. The van der Waals surface area contributed by atoms with Crippen molar-refractivity contribution < 1.29 is 14.7 Å². The number of carbonyl (C=O) groups is 2. The van der Waals surface area contributed by atoms with Gasteiger partial charge in [-0.2, -0.15) is 5.10 Å². The molecule has 1 aromatic rings. The Morgan fingerprint density at radius 2 is 2.15 bits per heavy atom. The Morgan fingerprint density at radius 1 is 1.45 bits per heavy atom. The summed E-state index contributed by atoms with van der Waals surface area (Å²) in [6.07, 6.45) is 2.63. The van der Waals surface area contributed by atoms with Crippen molar-refractivity contribution in [2.75, 3.05) is 0 Å². The molecule has 0 saturated carbocycles. The van der Waals surface area contributed by atoms with Gasteiger partial charge >= 0.3 is 12.0 Å². The van der Waals surface area contributed by atoms with Crippen LogP contribution in [0.4, 0.5) is 4.79 Å². The Bertz CT molecular complexity index is 473. The lowest BCUT2D eigenvalue weighted by Crippen LogP contribution is -2.54. The molecule has 0 aliphatic heterocycles. The molecule has 0 aliphatic carbocycles. The van der Waals surface area contributed by atoms with Crippen molar-refractivity contribution in [3.8, 4) is 0 Å². The van der Waals surface area contributed by atoms with Crippen LogP contribution in [0, 0.1) is 0 Å². The summed E-state index contributed by atoms with van der Waals surface area (Å²) in [7, 11) is 0. The van der Waals surface area contributed by atoms with E-state index in [0.717, 1.165) is 13.0 Å². The van der Waals surface area contributed by atoms with E-state index in [9.17, 15) is 9.59 Å². The van der Waals surface area contributed by atoms with Crippen LogP contribution in [-0.2, 0) is 17.9 Å². The molecule has 1 atom stereocenters. The quantitative estimate of drug-likeness (QED) is 0.684. The van der Waals surface area contributed by atoms with Gasteiger partial charge in [0.05, 0.1) is 6.54 Å². The highest BCUT2D eigenvalue weighted by molar-refractivity contribution is 5.85. The molecule has 3 N–H and O–H groups in total. The van der Waals surface area contributed by atoms with Crippen molar-refractivity contribution >= 4 is 12.0 Å². The van der Waals surface area contributed by atoms with Gasteiger partial charge in [0.2, 0.25) is 0 Å². The van der Waals surface area contributed by atoms with Crippen molar-refractivity contribution in [1.82, 2.24) is 25.4 Å². The van der Waals surface area contributed by atoms with Crippen LogP contribution in [0.3, 0.4) is 0 Å². The second kappa shape index (κ2) is 6.88. The highest BCUT2D eigenvalue weighted by Gasteiger charge is 2.32. The van der Waals surface area contributed by atoms with Crippen molar-refractivity contribution in [3.05, 3.63) is 12.2 Å². The normalized spacial score (nSPS) is 13.6. The minimum absolute atomic E-state index is 0.200. The molecular formula is C12H21N5O3. The number of urea groups is 1. The summed E-state index contributed by atoms with van der Waals surface area (Å²) in [5, 5.41) is 18.2. The third-order valence-corrected chi connectivity index (χ3v) is 3.11. The molecule has 1 aromatic heterocycles. The second-order valence-electron chi connectivity index (χ2n) is 4.70. The van der Waals surface area contributed by atoms with E-state index in [0.29, 0.717) is 12.2 Å². The fourth-order valence-electron chi connectivity index (χ4n) is 1.57. The van der Waals surface area contributed by atoms with E-state index in [1.807, 2.05) is 6.92 Å². The zero-order valence-electron chi connectivity index (χ0n) is 12.0. The average Bonchev–Trinajstić information content (AvgIpc) is 2.84. The summed E-state index contributed by atoms with van der Waals surface area (Å²) in [6.45, 7) is 6.11. The Balaban J connectivity index is 2.55. The maximum Gasteiger partial charge on any atom is 0.329 e. The van der Waals surface area contributed by atoms with E-state index in [-0.39, 0.29) is 6.54 Å². The molecule has 8 nitrogen and oxygen atoms in total. The highest BCUT2D eigenvalue weighted by Crippen LogP contribution is 2.08. The number of carboxylic acids is 1. The van der Waals surface area contributed by atoms with Crippen LogP contribution >= 0.6 is 0 Å². The van der Waals surface area contributed by atoms with Gasteiger partial charge in [-0.15, -0.1) is 0 Å². The Morgan fingerprint density at radius 3 is 2.70 bits per heavy atom. The number of nitrogens with zero attached hydrogens (tertiary/aromatic N) is 3. The summed E-state index contributed by atoms with van der Waals surface area (Å²) in [5.41, 5.74) is -1.28. The van der Waals surface area contributed by atoms with Crippen LogP contribution in [0.1, 0.15) is 39.4 Å². The van der Waals surface area contributed by atoms with Gasteiger partial charge in [-0.25, -0.2) is 19.3 Å². The van der Waals surface area contributed by atoms with Gasteiger partial charge < -0.3 is 15.7 Å². The van der Waals surface area contributed by atoms with Crippen LogP contribution in [0.15, 0.2) is 6.33 Å². The largest absolute Gasteiger partial charge is 0.480 e. The molecule has 0 saturated heterocycles. The molecule has 0 fully saturated rings. The maximum atomic E-state index is 11.7. The molecule has 8 heteroatoms. The van der Waals surface area contributed by atoms with Crippen LogP contribution in [0.5, 0.6) is 0 Å². The number of rotatable bonds is 7. The number of carbonyl (C=O) groups excluding carboxylic acids is 1. The Kier molecular flexibility index (Phi) is 5.48. The van der Waals surface area contributed by atoms with E-state index >= 15 is 0 Å². The first-order valence-electron chi connectivity index (χ1n) is 6.59. The van der Waals surface area contributed by atoms with Crippen LogP contribution in [0.25, 0.3) is 0 Å². The fraction of sp³-hybridized carbons (Fsp3) is 0.667. The predicted octanol–water partition coefficient (Wildman–Crippen LogP) is 0.741. The molecule has 0 spiro atoms. The minimum Gasteiger partial charge on any atom is -0.480 e. The van der Waals surface area contributed by atoms with Gasteiger partial charge in [0.1, 0.15) is 17.7 Å². The molecule has 2 amide bonds. The summed E-state index contributed by atoms with van der Waals surface area (Å²) >= 11 is 0. The minimum atomic E-state index is -1.28. The first-order chi connectivity index (χ1) is 9.42. The van der Waals surface area contributed by atoms with Gasteiger partial charge in [0.25, 0.3) is 0 Å². The number of hydrogen-bond donors (Lipinski definition) is 3. The lowest BCUT2D eigenvalue weighted by molar-refractivity contribution is -0.143. The molecule has 0 bridgehead atoms. The number of aromatic nitrogens is 3. The van der Waals surface area contributed by atoms with E-state index in [4.69, 9.17) is 5.11 Å². The van der Waals surface area contributed by atoms with E-state index in [2.05, 4.69) is 20.7 Å². The Labute approximate surface area is 117 Å². The molecule has 1 heterocycles. The van der Waals surface area contributed by atoms with Crippen molar-refractivity contribution in [2.24, 2.45) is 0 Å². The van der Waals surface area contributed by atoms with Crippen molar-refractivity contribution in [1.29, 1.82) is 0 Å². The van der Waals surface area contributed by atoms with Gasteiger partial charge in [0.15, 0.2) is 0 Å². The van der Waals surface area contributed by atoms with Gasteiger partial charge in [-0.05, 0) is 19.8 Å². The third kappa shape index (κ3) is 3.94. The summed E-state index contributed by atoms with van der Waals surface area (Å²) in [6, 6.07) is -0.539. The zero-order chi connectivity index (χ0) is 15.2. The smallest absolute Gasteiger partial charge is 0.329 e. The zero-order valence-corrected chi connectivity index (χ0v) is 12.0. The lowest BCUT2D eigenvalue weighted by Gasteiger charge is -2.24. The molecular weight excluding hydrogens is 262 g/mol. The summed E-state index contributed by atoms with van der Waals surface area (Å²) in [4.78, 5) is 26.9. The van der Waals surface area contributed by atoms with Gasteiger partial charge in [-0.1, -0.05) is 13.8 Å². The van der Waals surface area contributed by atoms with Crippen LogP contribution < -0.4 is 10.6 Å². The van der Waals surface area contributed by atoms with Crippen LogP contribution in [0.2, 0.25) is 0 Å². The third-order valence-electron chi connectivity index (χ3n) is 3.11. The van der Waals surface area contributed by atoms with Crippen LogP contribution in [-0.4, -0.2) is 37.4 Å². The molecule has 0 aliphatic rings. The van der Waals surface area contributed by atoms with E-state index < -0.39 is 17.5 Å². The summed E-state index contributed by atoms with van der Waals surface area (Å²) in [5.74, 6) is -0.431. The fourth-order valence-corrected chi connectivity index (χ4v) is 1.57. The number of carboxylic acid groups (broad SMARTS) is 1. The molecule has 1 unspecified atom stereocenters. The number of amides is 2. The SMILES string of the molecule is CCCn1ncnc1CNC(=O)NC(C)(CC)C(=O)O. The Hall–Kier alpha value is -2.12. The topological polar surface area (TPSA) is 109 Å². The highest BCUT2D eigenvalue weighted by atomic mass is 16.4. The summed E-state index contributed by atoms with van der Waals surface area (Å²) < 4.78 is 1.70. The molecule has 1 rings (SSSR count). The number of nitrogens with one attached hydrogen (secondary N) is 2. The van der Waals surface area contributed by atoms with Crippen molar-refractivity contribution in [3.63, 3.8) is 0 Å². The van der Waals surface area contributed by atoms with E-state index in [1.165, 1.54) is 13.3 Å². The molecule has 112 valence electrons. The van der Waals surface area contributed by atoms with Gasteiger partial charge in [0, 0.05) is 6.54 Å². The maximum absolute atomic E-state index is 11.7. The standard InChI is InChI=1S/C12H21N5O3/c1-4-6-17-9(14-8-15-17)7-13-11(20)16-12(3,5-2)10(18)19/h8H,4-7H2,1-3H3,(H,18,19)(H2,13,16,20). The van der Waals surface area contributed by atoms with Crippen molar-refractivity contribution in [2.45, 2.75) is 52.2 Å². The monoisotopic (exact) mass is 283 g/mol. The average molecular weight is 283 g/mol. The first-order valence-corrected chi connectivity index (χ1v) is 6.59.